The van der Waals surface area contributed by atoms with Crippen molar-refractivity contribution in [2.24, 2.45) is 0 Å². The fourth-order valence-corrected chi connectivity index (χ4v) is 2.27. The van der Waals surface area contributed by atoms with Crippen LogP contribution in [0.4, 0.5) is 0 Å². The van der Waals surface area contributed by atoms with Crippen molar-refractivity contribution in [1.29, 1.82) is 5.26 Å². The van der Waals surface area contributed by atoms with Gasteiger partial charge in [0, 0.05) is 18.9 Å². The smallest absolute Gasteiger partial charge is 0.240 e. The Kier molecular flexibility index (Phi) is 4.10. The number of carbonyl (C=O) groups is 1. The van der Waals surface area contributed by atoms with E-state index in [9.17, 15) is 4.79 Å². The Morgan fingerprint density at radius 2 is 2.50 bits per heavy atom. The summed E-state index contributed by atoms with van der Waals surface area (Å²) < 4.78 is 1.80. The fourth-order valence-electron chi connectivity index (χ4n) is 1.54. The molecule has 0 aliphatic heterocycles. The quantitative estimate of drug-likeness (QED) is 0.831. The molecule has 2 heterocycles. The van der Waals surface area contributed by atoms with Crippen LogP contribution in [0.15, 0.2) is 29.9 Å². The fraction of sp³-hybridized carbons (Fsp3) is 0.250. The average Bonchev–Trinajstić information content (AvgIpc) is 2.99. The first-order valence-electron chi connectivity index (χ1n) is 5.50. The van der Waals surface area contributed by atoms with Gasteiger partial charge in [0.2, 0.25) is 5.91 Å². The van der Waals surface area contributed by atoms with Gasteiger partial charge in [-0.25, -0.2) is 4.98 Å². The number of hydrogen-bond acceptors (Lipinski definition) is 4. The summed E-state index contributed by atoms with van der Waals surface area (Å²) in [5, 5.41) is 13.1. The third kappa shape index (κ3) is 2.96. The number of imidazole rings is 1. The van der Waals surface area contributed by atoms with Crippen molar-refractivity contribution in [1.82, 2.24) is 14.9 Å². The van der Waals surface area contributed by atoms with Gasteiger partial charge in [-0.2, -0.15) is 5.26 Å². The van der Waals surface area contributed by atoms with Crippen LogP contribution in [-0.2, 0) is 11.3 Å². The van der Waals surface area contributed by atoms with Gasteiger partial charge in [-0.15, -0.1) is 11.3 Å². The number of carbonyl (C=O) groups excluding carboxylic acids is 1. The molecule has 1 N–H and O–H groups in total. The largest absolute Gasteiger partial charge is 0.354 e. The summed E-state index contributed by atoms with van der Waals surface area (Å²) in [6, 6.07) is 5.90. The number of rotatable bonds is 5. The zero-order valence-corrected chi connectivity index (χ0v) is 10.5. The van der Waals surface area contributed by atoms with E-state index in [2.05, 4.69) is 10.3 Å². The molecule has 18 heavy (non-hydrogen) atoms. The van der Waals surface area contributed by atoms with Crippen LogP contribution in [-0.4, -0.2) is 22.0 Å². The molecule has 0 aliphatic carbocycles. The maximum Gasteiger partial charge on any atom is 0.240 e. The molecule has 0 unspecified atom stereocenters. The zero-order valence-electron chi connectivity index (χ0n) is 9.67. The van der Waals surface area contributed by atoms with Crippen LogP contribution < -0.4 is 5.32 Å². The standard InChI is InChI=1S/C12H12N4OS/c13-4-2-5-14-11(17)9-16-7-6-15-12(16)10-3-1-8-18-10/h1,3,6-8H,2,5,9H2,(H,14,17). The Hall–Kier alpha value is -2.13. The molecule has 2 aromatic rings. The van der Waals surface area contributed by atoms with E-state index >= 15 is 0 Å². The van der Waals surface area contributed by atoms with E-state index in [0.29, 0.717) is 13.0 Å². The van der Waals surface area contributed by atoms with E-state index < -0.39 is 0 Å². The molecule has 0 radical (unpaired) electrons. The van der Waals surface area contributed by atoms with Crippen molar-refractivity contribution < 1.29 is 4.79 Å². The van der Waals surface area contributed by atoms with Gasteiger partial charge in [-0.3, -0.25) is 4.79 Å². The van der Waals surface area contributed by atoms with Crippen molar-refractivity contribution in [2.75, 3.05) is 6.54 Å². The molecular weight excluding hydrogens is 248 g/mol. The van der Waals surface area contributed by atoms with Crippen LogP contribution in [0.5, 0.6) is 0 Å². The molecular formula is C12H12N4OS. The van der Waals surface area contributed by atoms with Gasteiger partial charge in [0.15, 0.2) is 0 Å². The topological polar surface area (TPSA) is 70.7 Å². The van der Waals surface area contributed by atoms with Crippen molar-refractivity contribution in [3.63, 3.8) is 0 Å². The van der Waals surface area contributed by atoms with Gasteiger partial charge in [0.1, 0.15) is 12.4 Å². The summed E-state index contributed by atoms with van der Waals surface area (Å²) in [4.78, 5) is 16.9. The highest BCUT2D eigenvalue weighted by Gasteiger charge is 2.09. The minimum absolute atomic E-state index is 0.110. The van der Waals surface area contributed by atoms with Gasteiger partial charge in [0.05, 0.1) is 17.4 Å². The maximum atomic E-state index is 11.6. The minimum Gasteiger partial charge on any atom is -0.354 e. The predicted molar refractivity (Wildman–Crippen MR) is 68.8 cm³/mol. The molecule has 0 aromatic carbocycles. The Morgan fingerprint density at radius 1 is 1.61 bits per heavy atom. The van der Waals surface area contributed by atoms with Gasteiger partial charge in [0.25, 0.3) is 0 Å². The molecule has 0 saturated carbocycles. The summed E-state index contributed by atoms with van der Waals surface area (Å²) in [6.45, 7) is 0.608. The lowest BCUT2D eigenvalue weighted by molar-refractivity contribution is -0.121. The highest BCUT2D eigenvalue weighted by atomic mass is 32.1. The molecule has 6 heteroatoms. The Morgan fingerprint density at radius 3 is 3.22 bits per heavy atom. The van der Waals surface area contributed by atoms with E-state index in [1.165, 1.54) is 0 Å². The first-order valence-corrected chi connectivity index (χ1v) is 6.38. The van der Waals surface area contributed by atoms with Crippen LogP contribution in [0, 0.1) is 11.3 Å². The van der Waals surface area contributed by atoms with Crippen molar-refractivity contribution in [2.45, 2.75) is 13.0 Å². The molecule has 2 rings (SSSR count). The summed E-state index contributed by atoms with van der Waals surface area (Å²) in [5.41, 5.74) is 0. The number of aromatic nitrogens is 2. The van der Waals surface area contributed by atoms with E-state index in [-0.39, 0.29) is 12.5 Å². The van der Waals surface area contributed by atoms with E-state index in [0.717, 1.165) is 10.7 Å². The number of nitrogens with zero attached hydrogens (tertiary/aromatic N) is 3. The molecule has 0 saturated heterocycles. The summed E-state index contributed by atoms with van der Waals surface area (Å²) >= 11 is 1.59. The van der Waals surface area contributed by atoms with Crippen molar-refractivity contribution in [3.05, 3.63) is 29.9 Å². The second-order valence-electron chi connectivity index (χ2n) is 3.61. The van der Waals surface area contributed by atoms with Crippen LogP contribution >= 0.6 is 11.3 Å². The Labute approximate surface area is 109 Å². The molecule has 2 aromatic heterocycles. The lowest BCUT2D eigenvalue weighted by Gasteiger charge is -2.06. The first kappa shape index (κ1) is 12.3. The lowest BCUT2D eigenvalue weighted by atomic mass is 10.4. The minimum atomic E-state index is -0.110. The molecule has 92 valence electrons. The monoisotopic (exact) mass is 260 g/mol. The molecule has 0 atom stereocenters. The molecule has 0 fully saturated rings. The molecule has 1 amide bonds. The maximum absolute atomic E-state index is 11.6. The van der Waals surface area contributed by atoms with Gasteiger partial charge in [-0.1, -0.05) is 6.07 Å². The SMILES string of the molecule is N#CCCNC(=O)Cn1ccnc1-c1cccs1. The highest BCUT2D eigenvalue weighted by molar-refractivity contribution is 7.13. The number of hydrogen-bond donors (Lipinski definition) is 1. The van der Waals surface area contributed by atoms with Crippen LogP contribution in [0.1, 0.15) is 6.42 Å². The van der Waals surface area contributed by atoms with Crippen molar-refractivity contribution >= 4 is 17.2 Å². The second kappa shape index (κ2) is 5.98. The third-order valence-electron chi connectivity index (χ3n) is 2.33. The first-order chi connectivity index (χ1) is 8.81. The summed E-state index contributed by atoms with van der Waals surface area (Å²) in [5.74, 6) is 0.682. The van der Waals surface area contributed by atoms with E-state index in [4.69, 9.17) is 5.26 Å². The highest BCUT2D eigenvalue weighted by Crippen LogP contribution is 2.22. The Balaban J connectivity index is 2.00. The predicted octanol–water partition coefficient (Wildman–Crippen LogP) is 1.64. The molecule has 0 aliphatic rings. The number of amides is 1. The second-order valence-corrected chi connectivity index (χ2v) is 4.56. The molecule has 5 nitrogen and oxygen atoms in total. The normalized spacial score (nSPS) is 9.94. The van der Waals surface area contributed by atoms with Gasteiger partial charge in [-0.05, 0) is 11.4 Å². The zero-order chi connectivity index (χ0) is 12.8. The average molecular weight is 260 g/mol. The summed E-state index contributed by atoms with van der Waals surface area (Å²) in [7, 11) is 0. The van der Waals surface area contributed by atoms with E-state index in [1.54, 1.807) is 28.3 Å². The molecule has 0 spiro atoms. The van der Waals surface area contributed by atoms with Gasteiger partial charge < -0.3 is 9.88 Å². The molecule has 0 bridgehead atoms. The van der Waals surface area contributed by atoms with Crippen LogP contribution in [0.2, 0.25) is 0 Å². The van der Waals surface area contributed by atoms with E-state index in [1.807, 2.05) is 23.6 Å². The van der Waals surface area contributed by atoms with Crippen LogP contribution in [0.3, 0.4) is 0 Å². The number of nitrogens with one attached hydrogen (secondary N) is 1. The van der Waals surface area contributed by atoms with Crippen LogP contribution in [0.25, 0.3) is 10.7 Å². The summed E-state index contributed by atoms with van der Waals surface area (Å²) in [6.07, 6.45) is 3.78. The number of thiophene rings is 1. The van der Waals surface area contributed by atoms with Gasteiger partial charge >= 0.3 is 0 Å². The third-order valence-corrected chi connectivity index (χ3v) is 3.20. The Bertz CT molecular complexity index is 553. The lowest BCUT2D eigenvalue weighted by Crippen LogP contribution is -2.28. The van der Waals surface area contributed by atoms with Crippen molar-refractivity contribution in [3.8, 4) is 16.8 Å². The number of nitriles is 1.